The molecule has 0 saturated heterocycles. The Kier molecular flexibility index (Phi) is 4.02. The molecule has 1 aliphatic rings. The van der Waals surface area contributed by atoms with E-state index >= 15 is 0 Å². The van der Waals surface area contributed by atoms with Crippen molar-refractivity contribution in [3.05, 3.63) is 39.9 Å². The Morgan fingerprint density at radius 2 is 1.96 bits per heavy atom. The number of benzene rings is 1. The summed E-state index contributed by atoms with van der Waals surface area (Å²) in [6, 6.07) is 5.29. The highest BCUT2D eigenvalue weighted by Crippen LogP contribution is 2.37. The van der Waals surface area contributed by atoms with Gasteiger partial charge in [-0.2, -0.15) is 4.98 Å². The van der Waals surface area contributed by atoms with Crippen molar-refractivity contribution in [1.82, 2.24) is 24.9 Å². The van der Waals surface area contributed by atoms with Gasteiger partial charge in [-0.1, -0.05) is 41.3 Å². The van der Waals surface area contributed by atoms with Gasteiger partial charge in [0.25, 0.3) is 5.89 Å². The first-order valence-corrected chi connectivity index (χ1v) is 8.81. The predicted octanol–water partition coefficient (Wildman–Crippen LogP) is 3.52. The van der Waals surface area contributed by atoms with Gasteiger partial charge < -0.3 is 10.3 Å². The van der Waals surface area contributed by atoms with E-state index in [2.05, 4.69) is 20.2 Å². The number of halogens is 2. The van der Waals surface area contributed by atoms with Crippen LogP contribution in [0.25, 0.3) is 17.4 Å². The van der Waals surface area contributed by atoms with E-state index in [0.717, 1.165) is 19.3 Å². The minimum absolute atomic E-state index is 0.239. The highest BCUT2D eigenvalue weighted by Gasteiger charge is 2.39. The lowest BCUT2D eigenvalue weighted by atomic mass is 9.77. The average Bonchev–Trinajstić information content (AvgIpc) is 3.19. The summed E-state index contributed by atoms with van der Waals surface area (Å²) in [5.74, 6) is 1.76. The monoisotopic (exact) mass is 378 g/mol. The maximum atomic E-state index is 6.30. The van der Waals surface area contributed by atoms with Crippen molar-refractivity contribution in [2.75, 3.05) is 0 Å². The second-order valence-corrected chi connectivity index (χ2v) is 6.93. The second-order valence-electron chi connectivity index (χ2n) is 6.12. The molecule has 7 nitrogen and oxygen atoms in total. The molecule has 4 rings (SSSR count). The van der Waals surface area contributed by atoms with Crippen LogP contribution in [0.4, 0.5) is 0 Å². The van der Waals surface area contributed by atoms with E-state index < -0.39 is 5.54 Å². The van der Waals surface area contributed by atoms with E-state index in [9.17, 15) is 0 Å². The zero-order valence-corrected chi connectivity index (χ0v) is 15.0. The van der Waals surface area contributed by atoms with Gasteiger partial charge in [0, 0.05) is 6.42 Å². The smallest absolute Gasteiger partial charge is 0.297 e. The molecule has 1 saturated carbocycles. The lowest BCUT2D eigenvalue weighted by molar-refractivity contribution is 0.229. The number of rotatable bonds is 4. The minimum Gasteiger partial charge on any atom is -0.330 e. The Morgan fingerprint density at radius 3 is 2.56 bits per heavy atom. The lowest BCUT2D eigenvalue weighted by Crippen LogP contribution is -2.44. The summed E-state index contributed by atoms with van der Waals surface area (Å²) in [5, 5.41) is 9.46. The van der Waals surface area contributed by atoms with E-state index in [1.807, 2.05) is 6.92 Å². The summed E-state index contributed by atoms with van der Waals surface area (Å²) in [6.07, 6.45) is 3.40. The highest BCUT2D eigenvalue weighted by atomic mass is 35.5. The molecule has 1 fully saturated rings. The Balaban J connectivity index is 1.77. The van der Waals surface area contributed by atoms with Crippen LogP contribution in [0.1, 0.15) is 37.8 Å². The quantitative estimate of drug-likeness (QED) is 0.745. The van der Waals surface area contributed by atoms with Crippen molar-refractivity contribution < 1.29 is 4.52 Å². The number of aryl methyl sites for hydroxylation is 1. The summed E-state index contributed by atoms with van der Waals surface area (Å²) in [7, 11) is 0. The van der Waals surface area contributed by atoms with Crippen LogP contribution in [0.3, 0.4) is 0 Å². The molecular weight excluding hydrogens is 363 g/mol. The molecule has 2 aromatic heterocycles. The minimum atomic E-state index is -0.496. The fourth-order valence-electron chi connectivity index (χ4n) is 2.83. The van der Waals surface area contributed by atoms with Gasteiger partial charge in [0.05, 0.1) is 15.6 Å². The predicted molar refractivity (Wildman–Crippen MR) is 93.8 cm³/mol. The van der Waals surface area contributed by atoms with Gasteiger partial charge in [-0.25, -0.2) is 9.67 Å². The van der Waals surface area contributed by atoms with Gasteiger partial charge in [0.15, 0.2) is 5.82 Å². The van der Waals surface area contributed by atoms with E-state index in [1.165, 1.54) is 0 Å². The zero-order valence-electron chi connectivity index (χ0n) is 13.5. The van der Waals surface area contributed by atoms with E-state index in [1.54, 1.807) is 22.9 Å². The molecule has 1 aliphatic carbocycles. The van der Waals surface area contributed by atoms with Crippen LogP contribution in [-0.4, -0.2) is 24.9 Å². The van der Waals surface area contributed by atoms with Crippen LogP contribution in [0.2, 0.25) is 10.0 Å². The van der Waals surface area contributed by atoms with Crippen molar-refractivity contribution in [2.24, 2.45) is 5.73 Å². The van der Waals surface area contributed by atoms with Crippen molar-refractivity contribution in [3.63, 3.8) is 0 Å². The van der Waals surface area contributed by atoms with Crippen LogP contribution < -0.4 is 5.73 Å². The summed E-state index contributed by atoms with van der Waals surface area (Å²) in [6.45, 7) is 1.97. The molecular formula is C16H16Cl2N6O. The first-order valence-electron chi connectivity index (χ1n) is 8.05. The van der Waals surface area contributed by atoms with Gasteiger partial charge in [-0.05, 0) is 31.4 Å². The standard InChI is InChI=1S/C16H16Cl2N6O/c1-2-11-20-13(14-21-15(23-25-14)16(19)7-4-8-16)22-24(11)12-9(17)5-3-6-10(12)18/h3,5-6H,2,4,7-8,19H2,1H3. The largest absolute Gasteiger partial charge is 0.330 e. The fraction of sp³-hybridized carbons (Fsp3) is 0.375. The number of para-hydroxylation sites is 1. The van der Waals surface area contributed by atoms with Crippen molar-refractivity contribution >= 4 is 23.2 Å². The van der Waals surface area contributed by atoms with Gasteiger partial charge in [-0.15, -0.1) is 5.10 Å². The third kappa shape index (κ3) is 2.72. The van der Waals surface area contributed by atoms with Gasteiger partial charge in [-0.3, -0.25) is 0 Å². The molecule has 2 N–H and O–H groups in total. The number of nitrogens with zero attached hydrogens (tertiary/aromatic N) is 5. The van der Waals surface area contributed by atoms with E-state index in [0.29, 0.717) is 39.6 Å². The Bertz CT molecular complexity index is 910. The Morgan fingerprint density at radius 1 is 1.24 bits per heavy atom. The maximum Gasteiger partial charge on any atom is 0.297 e. The summed E-state index contributed by atoms with van der Waals surface area (Å²) >= 11 is 12.6. The summed E-state index contributed by atoms with van der Waals surface area (Å²) in [5.41, 5.74) is 6.32. The van der Waals surface area contributed by atoms with Gasteiger partial charge in [0.1, 0.15) is 11.5 Å². The molecule has 0 radical (unpaired) electrons. The molecule has 130 valence electrons. The molecule has 0 unspecified atom stereocenters. The maximum absolute atomic E-state index is 6.30. The number of nitrogens with two attached hydrogens (primary N) is 1. The fourth-order valence-corrected chi connectivity index (χ4v) is 3.39. The molecule has 9 heteroatoms. The third-order valence-corrected chi connectivity index (χ3v) is 5.06. The molecule has 1 aromatic carbocycles. The number of hydrogen-bond donors (Lipinski definition) is 1. The molecule has 3 aromatic rings. The van der Waals surface area contributed by atoms with Crippen LogP contribution in [0.5, 0.6) is 0 Å². The van der Waals surface area contributed by atoms with Crippen molar-refractivity contribution in [3.8, 4) is 17.4 Å². The molecule has 0 atom stereocenters. The van der Waals surface area contributed by atoms with E-state index in [4.69, 9.17) is 33.5 Å². The average molecular weight is 379 g/mol. The second kappa shape index (κ2) is 6.09. The molecule has 25 heavy (non-hydrogen) atoms. The Hall–Kier alpha value is -1.96. The van der Waals surface area contributed by atoms with Crippen LogP contribution in [0.15, 0.2) is 22.7 Å². The molecule has 0 spiro atoms. The van der Waals surface area contributed by atoms with E-state index in [-0.39, 0.29) is 5.89 Å². The molecule has 2 heterocycles. The molecule has 0 aliphatic heterocycles. The first-order chi connectivity index (χ1) is 12.0. The Labute approximate surface area is 154 Å². The molecule has 0 bridgehead atoms. The number of hydrogen-bond acceptors (Lipinski definition) is 6. The van der Waals surface area contributed by atoms with Crippen LogP contribution in [0, 0.1) is 0 Å². The van der Waals surface area contributed by atoms with Crippen molar-refractivity contribution in [1.29, 1.82) is 0 Å². The van der Waals surface area contributed by atoms with Gasteiger partial charge >= 0.3 is 0 Å². The first kappa shape index (κ1) is 16.5. The summed E-state index contributed by atoms with van der Waals surface area (Å²) < 4.78 is 6.95. The molecule has 0 amide bonds. The lowest BCUT2D eigenvalue weighted by Gasteiger charge is -2.34. The highest BCUT2D eigenvalue weighted by molar-refractivity contribution is 6.37. The number of aromatic nitrogens is 5. The zero-order chi connectivity index (χ0) is 17.6. The van der Waals surface area contributed by atoms with Gasteiger partial charge in [0.2, 0.25) is 5.82 Å². The normalized spacial score (nSPS) is 16.0. The van der Waals surface area contributed by atoms with Crippen molar-refractivity contribution in [2.45, 2.75) is 38.1 Å². The summed E-state index contributed by atoms with van der Waals surface area (Å²) in [4.78, 5) is 8.89. The van der Waals surface area contributed by atoms with Crippen LogP contribution >= 0.6 is 23.2 Å². The van der Waals surface area contributed by atoms with Crippen LogP contribution in [-0.2, 0) is 12.0 Å². The SMILES string of the molecule is CCc1nc(-c2nc(C3(N)CCC3)no2)nn1-c1c(Cl)cccc1Cl. The topological polar surface area (TPSA) is 95.7 Å². The third-order valence-electron chi connectivity index (χ3n) is 4.45.